The Kier molecular flexibility index (Phi) is 6.86. The molecule has 0 spiro atoms. The predicted molar refractivity (Wildman–Crippen MR) is 118 cm³/mol. The normalized spacial score (nSPS) is 14.8. The van der Waals surface area contributed by atoms with Gasteiger partial charge in [0.15, 0.2) is 10.9 Å². The molecule has 154 valence electrons. The predicted octanol–water partition coefficient (Wildman–Crippen LogP) is 3.73. The van der Waals surface area contributed by atoms with Crippen LogP contribution in [0.3, 0.4) is 0 Å². The summed E-state index contributed by atoms with van der Waals surface area (Å²) < 4.78 is 10.5. The summed E-state index contributed by atoms with van der Waals surface area (Å²) in [5.74, 6) is -1.43. The van der Waals surface area contributed by atoms with Crippen molar-refractivity contribution in [3.05, 3.63) is 64.6 Å². The molecule has 0 saturated carbocycles. The number of carboxylic acids is 1. The standard InChI is InChI=1S/C21H17NO6S2/c1-2-27-18(23)12-28-16-8-3-5-13(9-16)10-17-19(24)22(21(29)30-17)15-7-4-6-14(11-15)20(25)26/h3-11H,2,12H2,1H3,(H,25,26)/b17-10+. The zero-order chi connectivity index (χ0) is 21.7. The number of amides is 1. The Morgan fingerprint density at radius 2 is 1.97 bits per heavy atom. The van der Waals surface area contributed by atoms with Crippen molar-refractivity contribution in [2.45, 2.75) is 6.92 Å². The van der Waals surface area contributed by atoms with Crippen molar-refractivity contribution < 1.29 is 29.0 Å². The second-order valence-electron chi connectivity index (χ2n) is 6.04. The summed E-state index contributed by atoms with van der Waals surface area (Å²) in [5, 5.41) is 9.17. The molecular weight excluding hydrogens is 426 g/mol. The molecule has 1 amide bonds. The zero-order valence-corrected chi connectivity index (χ0v) is 17.5. The van der Waals surface area contributed by atoms with Crippen LogP contribution in [-0.2, 0) is 14.3 Å². The van der Waals surface area contributed by atoms with E-state index in [9.17, 15) is 19.5 Å². The van der Waals surface area contributed by atoms with Gasteiger partial charge in [-0.05, 0) is 48.9 Å². The van der Waals surface area contributed by atoms with Crippen molar-refractivity contribution in [3.63, 3.8) is 0 Å². The summed E-state index contributed by atoms with van der Waals surface area (Å²) in [4.78, 5) is 37.2. The molecule has 0 bridgehead atoms. The molecule has 1 fully saturated rings. The van der Waals surface area contributed by atoms with Crippen molar-refractivity contribution in [2.24, 2.45) is 0 Å². The number of carbonyl (C=O) groups is 3. The molecule has 30 heavy (non-hydrogen) atoms. The van der Waals surface area contributed by atoms with Gasteiger partial charge in [-0.1, -0.05) is 42.2 Å². The Hall–Kier alpha value is -3.17. The molecule has 0 atom stereocenters. The Labute approximate surface area is 182 Å². The lowest BCUT2D eigenvalue weighted by Gasteiger charge is -2.14. The summed E-state index contributed by atoms with van der Waals surface area (Å²) in [5.41, 5.74) is 1.15. The van der Waals surface area contributed by atoms with Gasteiger partial charge in [0.05, 0.1) is 22.8 Å². The largest absolute Gasteiger partial charge is 0.482 e. The van der Waals surface area contributed by atoms with Gasteiger partial charge < -0.3 is 14.6 Å². The first-order valence-corrected chi connectivity index (χ1v) is 10.1. The number of hydrogen-bond donors (Lipinski definition) is 1. The fourth-order valence-corrected chi connectivity index (χ4v) is 3.96. The highest BCUT2D eigenvalue weighted by Crippen LogP contribution is 2.36. The third kappa shape index (κ3) is 5.05. The van der Waals surface area contributed by atoms with Crippen LogP contribution in [0.2, 0.25) is 0 Å². The molecule has 1 N–H and O–H groups in total. The minimum atomic E-state index is -1.09. The monoisotopic (exact) mass is 443 g/mol. The van der Waals surface area contributed by atoms with E-state index in [-0.39, 0.29) is 24.7 Å². The van der Waals surface area contributed by atoms with E-state index < -0.39 is 11.9 Å². The molecule has 0 aromatic heterocycles. The van der Waals surface area contributed by atoms with Crippen LogP contribution in [0.15, 0.2) is 53.4 Å². The number of benzene rings is 2. The van der Waals surface area contributed by atoms with E-state index in [0.717, 1.165) is 11.8 Å². The van der Waals surface area contributed by atoms with E-state index in [0.29, 0.717) is 26.2 Å². The van der Waals surface area contributed by atoms with Gasteiger partial charge in [0.1, 0.15) is 5.75 Å². The van der Waals surface area contributed by atoms with Gasteiger partial charge in [0.2, 0.25) is 0 Å². The molecule has 1 aliphatic rings. The highest BCUT2D eigenvalue weighted by molar-refractivity contribution is 8.27. The molecule has 2 aromatic rings. The van der Waals surface area contributed by atoms with Gasteiger partial charge in [-0.15, -0.1) is 0 Å². The number of carbonyl (C=O) groups excluding carboxylic acids is 2. The molecule has 1 heterocycles. The average molecular weight is 444 g/mol. The Morgan fingerprint density at radius 1 is 1.20 bits per heavy atom. The van der Waals surface area contributed by atoms with E-state index in [1.54, 1.807) is 49.4 Å². The van der Waals surface area contributed by atoms with E-state index >= 15 is 0 Å². The first kappa shape index (κ1) is 21.5. The van der Waals surface area contributed by atoms with Crippen molar-refractivity contribution in [1.82, 2.24) is 0 Å². The van der Waals surface area contributed by atoms with E-state index in [1.807, 2.05) is 0 Å². The molecule has 0 unspecified atom stereocenters. The number of ether oxygens (including phenoxy) is 2. The number of esters is 1. The fraction of sp³-hybridized carbons (Fsp3) is 0.143. The molecule has 2 aromatic carbocycles. The molecular formula is C21H17NO6S2. The fourth-order valence-electron chi connectivity index (χ4n) is 2.66. The summed E-state index contributed by atoms with van der Waals surface area (Å²) in [6.07, 6.45) is 1.66. The number of carboxylic acid groups (broad SMARTS) is 1. The lowest BCUT2D eigenvalue weighted by Crippen LogP contribution is -2.27. The first-order valence-electron chi connectivity index (χ1n) is 8.89. The van der Waals surface area contributed by atoms with Crippen molar-refractivity contribution in [3.8, 4) is 5.75 Å². The maximum absolute atomic E-state index is 12.9. The molecule has 3 rings (SSSR count). The van der Waals surface area contributed by atoms with Crippen molar-refractivity contribution in [1.29, 1.82) is 0 Å². The van der Waals surface area contributed by atoms with Crippen LogP contribution in [0.5, 0.6) is 5.75 Å². The van der Waals surface area contributed by atoms with Crippen LogP contribution in [0.4, 0.5) is 5.69 Å². The highest BCUT2D eigenvalue weighted by atomic mass is 32.2. The number of anilines is 1. The van der Waals surface area contributed by atoms with Crippen LogP contribution in [0.1, 0.15) is 22.8 Å². The Morgan fingerprint density at radius 3 is 2.70 bits per heavy atom. The van der Waals surface area contributed by atoms with Gasteiger partial charge in [-0.3, -0.25) is 9.69 Å². The van der Waals surface area contributed by atoms with Gasteiger partial charge in [0.25, 0.3) is 5.91 Å². The van der Waals surface area contributed by atoms with Crippen LogP contribution in [0.25, 0.3) is 6.08 Å². The molecule has 1 saturated heterocycles. The molecule has 1 aliphatic heterocycles. The number of rotatable bonds is 7. The molecule has 9 heteroatoms. The van der Waals surface area contributed by atoms with E-state index in [1.165, 1.54) is 17.0 Å². The van der Waals surface area contributed by atoms with Gasteiger partial charge in [-0.25, -0.2) is 9.59 Å². The second kappa shape index (κ2) is 9.55. The van der Waals surface area contributed by atoms with Crippen LogP contribution < -0.4 is 9.64 Å². The minimum absolute atomic E-state index is 0.0666. The Bertz CT molecular complexity index is 1050. The van der Waals surface area contributed by atoms with Crippen LogP contribution in [0, 0.1) is 0 Å². The molecule has 7 nitrogen and oxygen atoms in total. The van der Waals surface area contributed by atoms with Crippen molar-refractivity contribution in [2.75, 3.05) is 18.1 Å². The minimum Gasteiger partial charge on any atom is -0.482 e. The molecule has 0 aliphatic carbocycles. The molecule has 0 radical (unpaired) electrons. The number of aromatic carboxylic acids is 1. The SMILES string of the molecule is CCOC(=O)COc1cccc(/C=C2/SC(=S)N(c3cccc(C(=O)O)c3)C2=O)c1. The van der Waals surface area contributed by atoms with Gasteiger partial charge >= 0.3 is 11.9 Å². The lowest BCUT2D eigenvalue weighted by atomic mass is 10.1. The van der Waals surface area contributed by atoms with Gasteiger partial charge in [-0.2, -0.15) is 0 Å². The summed E-state index contributed by atoms with van der Waals surface area (Å²) in [7, 11) is 0. The lowest BCUT2D eigenvalue weighted by molar-refractivity contribution is -0.145. The quantitative estimate of drug-likeness (QED) is 0.393. The summed E-state index contributed by atoms with van der Waals surface area (Å²) >= 11 is 6.45. The van der Waals surface area contributed by atoms with E-state index in [4.69, 9.17) is 21.7 Å². The maximum atomic E-state index is 12.9. The third-order valence-electron chi connectivity index (χ3n) is 3.96. The van der Waals surface area contributed by atoms with Gasteiger partial charge in [0, 0.05) is 0 Å². The summed E-state index contributed by atoms with van der Waals surface area (Å²) in [6, 6.07) is 12.9. The van der Waals surface area contributed by atoms with Crippen molar-refractivity contribution >= 4 is 57.9 Å². The van der Waals surface area contributed by atoms with Crippen LogP contribution >= 0.6 is 24.0 Å². The Balaban J connectivity index is 1.79. The number of hydrogen-bond acceptors (Lipinski definition) is 7. The topological polar surface area (TPSA) is 93.1 Å². The number of thiocarbonyl (C=S) groups is 1. The highest BCUT2D eigenvalue weighted by Gasteiger charge is 2.33. The zero-order valence-electron chi connectivity index (χ0n) is 15.9. The number of nitrogens with zero attached hydrogens (tertiary/aromatic N) is 1. The first-order chi connectivity index (χ1) is 14.4. The average Bonchev–Trinajstić information content (AvgIpc) is 3.00. The second-order valence-corrected chi connectivity index (χ2v) is 7.71. The summed E-state index contributed by atoms with van der Waals surface area (Å²) in [6.45, 7) is 1.78. The third-order valence-corrected chi connectivity index (χ3v) is 5.27. The smallest absolute Gasteiger partial charge is 0.344 e. The van der Waals surface area contributed by atoms with Crippen LogP contribution in [-0.4, -0.2) is 40.5 Å². The number of thioether (sulfide) groups is 1. The van der Waals surface area contributed by atoms with E-state index in [2.05, 4.69) is 0 Å². The maximum Gasteiger partial charge on any atom is 0.344 e.